The maximum Gasteiger partial charge on any atom is 0.229 e. The normalized spacial score (nSPS) is 15.4. The van der Waals surface area contributed by atoms with Crippen molar-refractivity contribution in [2.45, 2.75) is 12.8 Å². The van der Waals surface area contributed by atoms with Gasteiger partial charge < -0.3 is 25.8 Å². The highest BCUT2D eigenvalue weighted by atomic mass is 35.5. The standard InChI is InChI=1S/C21H27ClN6O2/c1-24-12-15(10-23)17-4-3-16(9-19(17)29-2)27-21-26-13-18(22)20(28-21)25-11-14-5-7-30-8-6-14/h3-4,9-10,12-14H,5-8,11,23H2,1-2H3,(H2,25,26,27,28)/b15-10+,24-12?. The molecule has 0 saturated carbocycles. The first kappa shape index (κ1) is 21.9. The number of hydrogen-bond acceptors (Lipinski definition) is 8. The molecular weight excluding hydrogens is 404 g/mol. The third-order valence-electron chi connectivity index (χ3n) is 4.86. The van der Waals surface area contributed by atoms with Crippen molar-refractivity contribution in [3.05, 3.63) is 41.2 Å². The van der Waals surface area contributed by atoms with E-state index in [1.54, 1.807) is 26.6 Å². The Morgan fingerprint density at radius 3 is 2.90 bits per heavy atom. The van der Waals surface area contributed by atoms with Crippen molar-refractivity contribution >= 4 is 40.8 Å². The molecule has 1 saturated heterocycles. The Balaban J connectivity index is 1.74. The zero-order valence-electron chi connectivity index (χ0n) is 17.2. The number of rotatable bonds is 8. The van der Waals surface area contributed by atoms with E-state index in [-0.39, 0.29) is 0 Å². The van der Waals surface area contributed by atoms with E-state index in [1.165, 1.54) is 6.20 Å². The largest absolute Gasteiger partial charge is 0.496 e. The van der Waals surface area contributed by atoms with Gasteiger partial charge in [0, 0.05) is 62.1 Å². The molecule has 0 aliphatic carbocycles. The molecule has 2 aromatic rings. The molecule has 1 aromatic carbocycles. The molecule has 0 atom stereocenters. The van der Waals surface area contributed by atoms with E-state index in [4.69, 9.17) is 26.8 Å². The minimum Gasteiger partial charge on any atom is -0.496 e. The summed E-state index contributed by atoms with van der Waals surface area (Å²) in [6.45, 7) is 2.41. The van der Waals surface area contributed by atoms with Gasteiger partial charge in [0.15, 0.2) is 5.82 Å². The van der Waals surface area contributed by atoms with Gasteiger partial charge in [-0.15, -0.1) is 0 Å². The predicted octanol–water partition coefficient (Wildman–Crippen LogP) is 3.72. The lowest BCUT2D eigenvalue weighted by Gasteiger charge is -2.22. The van der Waals surface area contributed by atoms with Crippen molar-refractivity contribution in [3.63, 3.8) is 0 Å². The minimum atomic E-state index is 0.438. The van der Waals surface area contributed by atoms with Crippen LogP contribution in [0.5, 0.6) is 5.75 Å². The van der Waals surface area contributed by atoms with Gasteiger partial charge in [-0.3, -0.25) is 4.99 Å². The summed E-state index contributed by atoms with van der Waals surface area (Å²) in [7, 11) is 3.30. The number of hydrogen-bond donors (Lipinski definition) is 3. The molecule has 4 N–H and O–H groups in total. The van der Waals surface area contributed by atoms with Gasteiger partial charge in [0.1, 0.15) is 10.8 Å². The summed E-state index contributed by atoms with van der Waals surface area (Å²) >= 11 is 6.28. The van der Waals surface area contributed by atoms with Crippen molar-refractivity contribution in [1.82, 2.24) is 9.97 Å². The van der Waals surface area contributed by atoms with Gasteiger partial charge in [0.05, 0.1) is 13.3 Å². The monoisotopic (exact) mass is 430 g/mol. The fourth-order valence-electron chi connectivity index (χ4n) is 3.22. The number of allylic oxidation sites excluding steroid dienone is 1. The van der Waals surface area contributed by atoms with Crippen molar-refractivity contribution in [2.75, 3.05) is 44.5 Å². The van der Waals surface area contributed by atoms with E-state index in [0.29, 0.717) is 28.5 Å². The van der Waals surface area contributed by atoms with E-state index in [0.717, 1.165) is 49.4 Å². The van der Waals surface area contributed by atoms with Gasteiger partial charge in [-0.1, -0.05) is 11.6 Å². The number of nitrogens with zero attached hydrogens (tertiary/aromatic N) is 3. The summed E-state index contributed by atoms with van der Waals surface area (Å²) < 4.78 is 10.9. The van der Waals surface area contributed by atoms with Crippen LogP contribution in [-0.2, 0) is 4.74 Å². The Bertz CT molecular complexity index is 912. The molecule has 2 heterocycles. The molecule has 160 valence electrons. The molecular formula is C21H27ClN6O2. The smallest absolute Gasteiger partial charge is 0.229 e. The molecule has 30 heavy (non-hydrogen) atoms. The molecule has 0 radical (unpaired) electrons. The summed E-state index contributed by atoms with van der Waals surface area (Å²) in [4.78, 5) is 12.8. The maximum atomic E-state index is 6.28. The number of aromatic nitrogens is 2. The summed E-state index contributed by atoms with van der Waals surface area (Å²) in [6, 6.07) is 5.66. The summed E-state index contributed by atoms with van der Waals surface area (Å²) in [5.41, 5.74) is 8.10. The Morgan fingerprint density at radius 2 is 2.20 bits per heavy atom. The van der Waals surface area contributed by atoms with Crippen LogP contribution < -0.4 is 21.1 Å². The van der Waals surface area contributed by atoms with Gasteiger partial charge in [-0.2, -0.15) is 4.98 Å². The number of anilines is 3. The number of nitrogens with two attached hydrogens (primary N) is 1. The first-order chi connectivity index (χ1) is 14.6. The average molecular weight is 431 g/mol. The summed E-state index contributed by atoms with van der Waals surface area (Å²) in [6.07, 6.45) is 6.84. The van der Waals surface area contributed by atoms with E-state index in [1.807, 2.05) is 18.2 Å². The van der Waals surface area contributed by atoms with Crippen molar-refractivity contribution in [2.24, 2.45) is 16.6 Å². The van der Waals surface area contributed by atoms with Crippen LogP contribution in [0, 0.1) is 5.92 Å². The third-order valence-corrected chi connectivity index (χ3v) is 5.14. The van der Waals surface area contributed by atoms with Crippen molar-refractivity contribution < 1.29 is 9.47 Å². The highest BCUT2D eigenvalue weighted by molar-refractivity contribution is 6.32. The van der Waals surface area contributed by atoms with Crippen LogP contribution in [0.3, 0.4) is 0 Å². The van der Waals surface area contributed by atoms with Crippen LogP contribution in [0.1, 0.15) is 18.4 Å². The van der Waals surface area contributed by atoms with Crippen LogP contribution in [0.4, 0.5) is 17.5 Å². The molecule has 0 spiro atoms. The Labute approximate surface area is 181 Å². The van der Waals surface area contributed by atoms with Crippen LogP contribution >= 0.6 is 11.6 Å². The second kappa shape index (κ2) is 10.8. The lowest BCUT2D eigenvalue weighted by Crippen LogP contribution is -2.23. The van der Waals surface area contributed by atoms with Gasteiger partial charge in [0.2, 0.25) is 5.95 Å². The molecule has 1 aliphatic heterocycles. The van der Waals surface area contributed by atoms with Crippen LogP contribution in [0.2, 0.25) is 5.02 Å². The minimum absolute atomic E-state index is 0.438. The van der Waals surface area contributed by atoms with Gasteiger partial charge in [0.25, 0.3) is 0 Å². The number of aliphatic imine (C=N–C) groups is 1. The number of methoxy groups -OCH3 is 1. The molecule has 0 amide bonds. The third kappa shape index (κ3) is 5.61. The average Bonchev–Trinajstić information content (AvgIpc) is 2.78. The highest BCUT2D eigenvalue weighted by Gasteiger charge is 2.15. The Kier molecular flexibility index (Phi) is 7.87. The Hall–Kier alpha value is -2.84. The second-order valence-electron chi connectivity index (χ2n) is 6.88. The maximum absolute atomic E-state index is 6.28. The lowest BCUT2D eigenvalue weighted by atomic mass is 10.0. The zero-order valence-corrected chi connectivity index (χ0v) is 17.9. The highest BCUT2D eigenvalue weighted by Crippen LogP contribution is 2.30. The van der Waals surface area contributed by atoms with E-state index in [2.05, 4.69) is 25.6 Å². The second-order valence-corrected chi connectivity index (χ2v) is 7.28. The van der Waals surface area contributed by atoms with Crippen molar-refractivity contribution in [3.8, 4) is 5.75 Å². The first-order valence-electron chi connectivity index (χ1n) is 9.78. The molecule has 0 bridgehead atoms. The number of benzene rings is 1. The summed E-state index contributed by atoms with van der Waals surface area (Å²) in [5, 5.41) is 7.02. The SMILES string of the molecule is CN=C/C(=C\N)c1ccc(Nc2ncc(Cl)c(NCC3CCOCC3)n2)cc1OC. The van der Waals surface area contributed by atoms with Crippen LogP contribution in [0.15, 0.2) is 35.6 Å². The number of halogens is 1. The van der Waals surface area contributed by atoms with E-state index < -0.39 is 0 Å². The van der Waals surface area contributed by atoms with Crippen LogP contribution in [-0.4, -0.2) is 50.1 Å². The molecule has 0 unspecified atom stereocenters. The summed E-state index contributed by atoms with van der Waals surface area (Å²) in [5.74, 6) is 2.25. The number of nitrogens with one attached hydrogen (secondary N) is 2. The van der Waals surface area contributed by atoms with E-state index >= 15 is 0 Å². The zero-order chi connectivity index (χ0) is 21.3. The fraction of sp³-hybridized carbons (Fsp3) is 0.381. The molecule has 3 rings (SSSR count). The van der Waals surface area contributed by atoms with Gasteiger partial charge in [-0.25, -0.2) is 4.98 Å². The number of ether oxygens (including phenoxy) is 2. The van der Waals surface area contributed by atoms with Crippen molar-refractivity contribution in [1.29, 1.82) is 0 Å². The topological polar surface area (TPSA) is 107 Å². The molecule has 1 aromatic heterocycles. The van der Waals surface area contributed by atoms with Gasteiger partial charge in [-0.05, 0) is 30.9 Å². The predicted molar refractivity (Wildman–Crippen MR) is 122 cm³/mol. The fourth-order valence-corrected chi connectivity index (χ4v) is 3.38. The van der Waals surface area contributed by atoms with Crippen LogP contribution in [0.25, 0.3) is 5.57 Å². The lowest BCUT2D eigenvalue weighted by molar-refractivity contribution is 0.0699. The first-order valence-corrected chi connectivity index (χ1v) is 10.2. The molecule has 1 aliphatic rings. The quantitative estimate of drug-likeness (QED) is 0.548. The van der Waals surface area contributed by atoms with E-state index in [9.17, 15) is 0 Å². The Morgan fingerprint density at radius 1 is 1.40 bits per heavy atom. The molecule has 1 fully saturated rings. The van der Waals surface area contributed by atoms with Gasteiger partial charge >= 0.3 is 0 Å². The molecule has 9 heteroatoms. The molecule has 8 nitrogen and oxygen atoms in total.